The molecule has 0 radical (unpaired) electrons. The molecule has 13 heteroatoms. The summed E-state index contributed by atoms with van der Waals surface area (Å²) in [6.45, 7) is 0.0248. The third-order valence-electron chi connectivity index (χ3n) is 7.10. The van der Waals surface area contributed by atoms with Crippen LogP contribution >= 0.6 is 23.1 Å². The van der Waals surface area contributed by atoms with Gasteiger partial charge in [0.1, 0.15) is 17.4 Å². The highest BCUT2D eigenvalue weighted by molar-refractivity contribution is 7.99. The maximum atomic E-state index is 13.8. The number of carbonyl (C=O) groups excluding carboxylic acids is 2. The number of halogens is 2. The summed E-state index contributed by atoms with van der Waals surface area (Å²) in [5.41, 5.74) is 2.55. The lowest BCUT2D eigenvalue weighted by molar-refractivity contribution is -0.130. The first-order valence-corrected chi connectivity index (χ1v) is 15.7. The predicted octanol–water partition coefficient (Wildman–Crippen LogP) is 6.02. The highest BCUT2D eigenvalue weighted by Gasteiger charge is 2.33. The van der Waals surface area contributed by atoms with E-state index < -0.39 is 11.9 Å². The zero-order valence-corrected chi connectivity index (χ0v) is 25.5. The van der Waals surface area contributed by atoms with E-state index >= 15 is 0 Å². The molecule has 0 unspecified atom stereocenters. The second kappa shape index (κ2) is 13.4. The number of hydrogen-bond donors (Lipinski definition) is 1. The highest BCUT2D eigenvalue weighted by atomic mass is 32.2. The Labute approximate surface area is 265 Å². The molecule has 9 nitrogen and oxygen atoms in total. The average molecular weight is 645 g/mol. The molecule has 1 aliphatic heterocycles. The van der Waals surface area contributed by atoms with Gasteiger partial charge in [-0.25, -0.2) is 13.8 Å². The van der Waals surface area contributed by atoms with Gasteiger partial charge in [-0.15, -0.1) is 21.5 Å². The molecule has 1 N–H and O–H groups in total. The van der Waals surface area contributed by atoms with Crippen LogP contribution in [0.5, 0.6) is 5.75 Å². The first-order chi connectivity index (χ1) is 21.9. The summed E-state index contributed by atoms with van der Waals surface area (Å²) in [5.74, 6) is -0.380. The zero-order valence-electron chi connectivity index (χ0n) is 23.9. The number of amides is 2. The van der Waals surface area contributed by atoms with Gasteiger partial charge >= 0.3 is 0 Å². The number of carbonyl (C=O) groups is 2. The number of methoxy groups -OCH3 is 1. The number of nitrogens with zero attached hydrogens (tertiary/aromatic N) is 5. The van der Waals surface area contributed by atoms with Crippen LogP contribution in [0.25, 0.3) is 5.69 Å². The van der Waals surface area contributed by atoms with E-state index in [1.54, 1.807) is 60.2 Å². The van der Waals surface area contributed by atoms with E-state index in [1.165, 1.54) is 40.6 Å². The Morgan fingerprint density at radius 3 is 2.36 bits per heavy atom. The minimum absolute atomic E-state index is 0.0248. The minimum atomic E-state index is -0.411. The van der Waals surface area contributed by atoms with Crippen molar-refractivity contribution in [3.05, 3.63) is 124 Å². The lowest BCUT2D eigenvalue weighted by Crippen LogP contribution is -2.28. The predicted molar refractivity (Wildman–Crippen MR) is 168 cm³/mol. The molecule has 1 atom stereocenters. The van der Waals surface area contributed by atoms with Gasteiger partial charge in [0.25, 0.3) is 11.8 Å². The standard InChI is InChI=1S/C32H26F2N6O3S2/c1-43-25-14-6-21(7-15-25)31(42)35-18-29-36-37-32(39(29)24-12-10-23(34)11-13-24)45-19-30(41)40-27(20-4-8-22(33)9-5-20)17-26(38-40)28-3-2-16-44-28/h2-16,27H,17-19H2,1H3,(H,35,42)/t27-/m1/s1. The second-order valence-electron chi connectivity index (χ2n) is 9.94. The lowest BCUT2D eigenvalue weighted by atomic mass is 10.0. The van der Waals surface area contributed by atoms with Gasteiger partial charge in [-0.3, -0.25) is 14.2 Å². The van der Waals surface area contributed by atoms with E-state index in [4.69, 9.17) is 4.74 Å². The molecule has 0 fully saturated rings. The fourth-order valence-electron chi connectivity index (χ4n) is 4.83. The van der Waals surface area contributed by atoms with Crippen molar-refractivity contribution < 1.29 is 23.1 Å². The number of benzene rings is 3. The van der Waals surface area contributed by atoms with Crippen molar-refractivity contribution >= 4 is 40.6 Å². The van der Waals surface area contributed by atoms with Crippen LogP contribution in [0.1, 0.15) is 39.1 Å². The van der Waals surface area contributed by atoms with E-state index in [0.717, 1.165) is 27.9 Å². The number of rotatable bonds is 10. The molecule has 0 saturated heterocycles. The van der Waals surface area contributed by atoms with E-state index in [1.807, 2.05) is 17.5 Å². The minimum Gasteiger partial charge on any atom is -0.497 e. The van der Waals surface area contributed by atoms with Crippen molar-refractivity contribution in [3.63, 3.8) is 0 Å². The molecule has 5 aromatic rings. The number of thiophene rings is 1. The van der Waals surface area contributed by atoms with Crippen LogP contribution in [0, 0.1) is 11.6 Å². The molecular weight excluding hydrogens is 619 g/mol. The Balaban J connectivity index is 1.22. The third kappa shape index (κ3) is 6.79. The summed E-state index contributed by atoms with van der Waals surface area (Å²) < 4.78 is 34.3. The van der Waals surface area contributed by atoms with Crippen LogP contribution in [-0.4, -0.2) is 50.2 Å². The van der Waals surface area contributed by atoms with Gasteiger partial charge in [0, 0.05) is 17.7 Å². The quantitative estimate of drug-likeness (QED) is 0.187. The van der Waals surface area contributed by atoms with Gasteiger partial charge < -0.3 is 10.1 Å². The average Bonchev–Trinajstić information content (AvgIpc) is 3.84. The molecule has 3 aromatic carbocycles. The molecule has 0 saturated carbocycles. The maximum Gasteiger partial charge on any atom is 0.253 e. The van der Waals surface area contributed by atoms with Crippen molar-refractivity contribution in [3.8, 4) is 11.4 Å². The monoisotopic (exact) mass is 644 g/mol. The summed E-state index contributed by atoms with van der Waals surface area (Å²) in [4.78, 5) is 27.4. The molecule has 0 spiro atoms. The number of thioether (sulfide) groups is 1. The maximum absolute atomic E-state index is 13.8. The Hall–Kier alpha value is -4.88. The molecular formula is C32H26F2N6O3S2. The molecule has 0 bridgehead atoms. The molecule has 2 amide bonds. The third-order valence-corrected chi connectivity index (χ3v) is 8.93. The van der Waals surface area contributed by atoms with Gasteiger partial charge in [-0.05, 0) is 77.7 Å². The Morgan fingerprint density at radius 1 is 0.978 bits per heavy atom. The molecule has 228 valence electrons. The number of hydrogen-bond acceptors (Lipinski definition) is 8. The molecule has 3 heterocycles. The lowest BCUT2D eigenvalue weighted by Gasteiger charge is -2.22. The van der Waals surface area contributed by atoms with E-state index in [2.05, 4.69) is 20.6 Å². The number of aromatic nitrogens is 3. The van der Waals surface area contributed by atoms with Crippen LogP contribution in [-0.2, 0) is 11.3 Å². The van der Waals surface area contributed by atoms with Crippen LogP contribution in [0.15, 0.2) is 101 Å². The SMILES string of the molecule is COc1ccc(C(=O)NCc2nnc(SCC(=O)N3N=C(c4cccs4)C[C@@H]3c3ccc(F)cc3)n2-c2ccc(F)cc2)cc1. The van der Waals surface area contributed by atoms with Crippen molar-refractivity contribution in [2.75, 3.05) is 12.9 Å². The molecule has 45 heavy (non-hydrogen) atoms. The molecule has 2 aromatic heterocycles. The molecule has 0 aliphatic carbocycles. The number of ether oxygens (including phenoxy) is 1. The summed E-state index contributed by atoms with van der Waals surface area (Å²) >= 11 is 2.68. The van der Waals surface area contributed by atoms with Gasteiger partial charge in [0.2, 0.25) is 0 Å². The van der Waals surface area contributed by atoms with Crippen LogP contribution in [0.3, 0.4) is 0 Å². The van der Waals surface area contributed by atoms with Gasteiger partial charge in [0.15, 0.2) is 11.0 Å². The van der Waals surface area contributed by atoms with Crippen LogP contribution in [0.2, 0.25) is 0 Å². The fraction of sp³-hybridized carbons (Fsp3) is 0.156. The summed E-state index contributed by atoms with van der Waals surface area (Å²) in [5, 5.41) is 19.9. The Morgan fingerprint density at radius 2 is 1.69 bits per heavy atom. The van der Waals surface area contributed by atoms with E-state index in [-0.39, 0.29) is 29.9 Å². The van der Waals surface area contributed by atoms with Crippen molar-refractivity contribution in [1.82, 2.24) is 25.1 Å². The topological polar surface area (TPSA) is 102 Å². The summed E-state index contributed by atoms with van der Waals surface area (Å²) in [7, 11) is 1.55. The Bertz CT molecular complexity index is 1830. The molecule has 6 rings (SSSR count). The second-order valence-corrected chi connectivity index (χ2v) is 11.8. The van der Waals surface area contributed by atoms with Gasteiger partial charge in [0.05, 0.1) is 36.0 Å². The normalized spacial score (nSPS) is 14.3. The summed E-state index contributed by atoms with van der Waals surface area (Å²) in [6, 6.07) is 22.0. The smallest absolute Gasteiger partial charge is 0.253 e. The Kier molecular flexibility index (Phi) is 8.98. The van der Waals surface area contributed by atoms with Gasteiger partial charge in [-0.2, -0.15) is 5.10 Å². The number of hydrazone groups is 1. The zero-order chi connectivity index (χ0) is 31.3. The highest BCUT2D eigenvalue weighted by Crippen LogP contribution is 2.35. The first-order valence-electron chi connectivity index (χ1n) is 13.8. The van der Waals surface area contributed by atoms with Crippen molar-refractivity contribution in [2.45, 2.75) is 24.2 Å². The van der Waals surface area contributed by atoms with E-state index in [0.29, 0.717) is 34.4 Å². The van der Waals surface area contributed by atoms with Crippen molar-refractivity contribution in [1.29, 1.82) is 0 Å². The van der Waals surface area contributed by atoms with Gasteiger partial charge in [-0.1, -0.05) is 30.0 Å². The van der Waals surface area contributed by atoms with E-state index in [9.17, 15) is 18.4 Å². The summed E-state index contributed by atoms with van der Waals surface area (Å²) in [6.07, 6.45) is 0.492. The van der Waals surface area contributed by atoms with Crippen molar-refractivity contribution in [2.24, 2.45) is 5.10 Å². The first kappa shape index (κ1) is 30.2. The number of nitrogens with one attached hydrogen (secondary N) is 1. The van der Waals surface area contributed by atoms with Crippen LogP contribution < -0.4 is 10.1 Å². The molecule has 1 aliphatic rings. The van der Waals surface area contributed by atoms with Crippen LogP contribution in [0.4, 0.5) is 8.78 Å². The largest absolute Gasteiger partial charge is 0.497 e. The fourth-order valence-corrected chi connectivity index (χ4v) is 6.37.